The molecule has 0 unspecified atom stereocenters. The molecule has 0 bridgehead atoms. The Morgan fingerprint density at radius 2 is 1.49 bits per heavy atom. The quantitative estimate of drug-likeness (QED) is 0.252. The monoisotopic (exact) mass is 469 g/mol. The Balaban J connectivity index is 1.70. The Morgan fingerprint density at radius 1 is 0.829 bits per heavy atom. The summed E-state index contributed by atoms with van der Waals surface area (Å²) in [6.45, 7) is 10.9. The molecule has 0 aliphatic heterocycles. The normalized spacial score (nSPS) is 11.2. The van der Waals surface area contributed by atoms with Crippen LogP contribution in [0.3, 0.4) is 0 Å². The van der Waals surface area contributed by atoms with Gasteiger partial charge in [-0.1, -0.05) is 44.2 Å². The first-order chi connectivity index (χ1) is 16.9. The molecule has 4 aromatic rings. The third-order valence-corrected chi connectivity index (χ3v) is 6.31. The Morgan fingerprint density at radius 3 is 2.11 bits per heavy atom. The number of aryl methyl sites for hydroxylation is 3. The third kappa shape index (κ3) is 5.43. The maximum atomic E-state index is 6.29. The molecule has 0 aliphatic carbocycles. The lowest BCUT2D eigenvalue weighted by Crippen LogP contribution is -2.11. The van der Waals surface area contributed by atoms with E-state index in [0.717, 1.165) is 57.8 Å². The van der Waals surface area contributed by atoms with Gasteiger partial charge in [-0.15, -0.1) is 0 Å². The van der Waals surface area contributed by atoms with Gasteiger partial charge in [-0.25, -0.2) is 0 Å². The number of nitrogens with zero attached hydrogens (tertiary/aromatic N) is 1. The number of ether oxygens (including phenoxy) is 3. The Labute approximate surface area is 208 Å². The number of pyridine rings is 1. The van der Waals surface area contributed by atoms with Gasteiger partial charge < -0.3 is 14.2 Å². The van der Waals surface area contributed by atoms with Crippen molar-refractivity contribution < 1.29 is 14.2 Å². The summed E-state index contributed by atoms with van der Waals surface area (Å²) in [6.07, 6.45) is 1.97. The van der Waals surface area contributed by atoms with E-state index in [9.17, 15) is 0 Å². The van der Waals surface area contributed by atoms with Gasteiger partial charge in [0.05, 0.1) is 24.5 Å². The molecule has 3 aromatic carbocycles. The smallest absolute Gasteiger partial charge is 0.130 e. The summed E-state index contributed by atoms with van der Waals surface area (Å²) >= 11 is 0. The second kappa shape index (κ2) is 10.8. The van der Waals surface area contributed by atoms with E-state index < -0.39 is 0 Å². The molecule has 182 valence electrons. The fourth-order valence-electron chi connectivity index (χ4n) is 4.48. The standard InChI is InChI=1S/C31H35NO3/c1-7-22-10-9-11-23(8-2)31(22)29-18-30(35-20(3)4)28(21(5)32-29)19-34-27-15-13-24-12-14-26(33-6)16-25(24)17-27/h9-18,20H,7-8,19H2,1-6H3. The first kappa shape index (κ1) is 24.6. The van der Waals surface area contributed by atoms with Crippen LogP contribution in [0, 0.1) is 6.92 Å². The summed E-state index contributed by atoms with van der Waals surface area (Å²) in [5.74, 6) is 2.46. The lowest BCUT2D eigenvalue weighted by molar-refractivity contribution is 0.229. The van der Waals surface area contributed by atoms with Gasteiger partial charge in [0, 0.05) is 17.3 Å². The summed E-state index contributed by atoms with van der Waals surface area (Å²) in [4.78, 5) is 5.04. The van der Waals surface area contributed by atoms with Gasteiger partial charge in [-0.2, -0.15) is 0 Å². The lowest BCUT2D eigenvalue weighted by atomic mass is 9.94. The van der Waals surface area contributed by atoms with Crippen molar-refractivity contribution in [3.8, 4) is 28.5 Å². The van der Waals surface area contributed by atoms with E-state index in [0.29, 0.717) is 6.61 Å². The number of aromatic nitrogens is 1. The molecule has 1 heterocycles. The van der Waals surface area contributed by atoms with Crippen LogP contribution in [0.5, 0.6) is 17.2 Å². The molecule has 4 heteroatoms. The summed E-state index contributed by atoms with van der Waals surface area (Å²) in [5, 5.41) is 2.22. The van der Waals surface area contributed by atoms with E-state index in [2.05, 4.69) is 50.2 Å². The van der Waals surface area contributed by atoms with Crippen LogP contribution in [-0.4, -0.2) is 18.2 Å². The number of hydrogen-bond donors (Lipinski definition) is 0. The van der Waals surface area contributed by atoms with Crippen LogP contribution in [-0.2, 0) is 19.4 Å². The van der Waals surface area contributed by atoms with E-state index >= 15 is 0 Å². The van der Waals surface area contributed by atoms with Crippen molar-refractivity contribution in [3.05, 3.63) is 83.0 Å². The second-order valence-corrected chi connectivity index (χ2v) is 9.06. The van der Waals surface area contributed by atoms with Gasteiger partial charge >= 0.3 is 0 Å². The van der Waals surface area contributed by atoms with Gasteiger partial charge in [0.25, 0.3) is 0 Å². The largest absolute Gasteiger partial charge is 0.497 e. The van der Waals surface area contributed by atoms with Crippen LogP contribution in [0.1, 0.15) is 50.1 Å². The highest BCUT2D eigenvalue weighted by atomic mass is 16.5. The fourth-order valence-corrected chi connectivity index (χ4v) is 4.48. The van der Waals surface area contributed by atoms with Crippen LogP contribution in [0.2, 0.25) is 0 Å². The van der Waals surface area contributed by atoms with Crippen molar-refractivity contribution in [1.29, 1.82) is 0 Å². The van der Waals surface area contributed by atoms with Crippen LogP contribution < -0.4 is 14.2 Å². The van der Waals surface area contributed by atoms with Crippen LogP contribution in [0.15, 0.2) is 60.7 Å². The van der Waals surface area contributed by atoms with Gasteiger partial charge in [0.15, 0.2) is 0 Å². The van der Waals surface area contributed by atoms with E-state index in [-0.39, 0.29) is 6.10 Å². The topological polar surface area (TPSA) is 40.6 Å². The maximum Gasteiger partial charge on any atom is 0.130 e. The number of fused-ring (bicyclic) bond motifs is 1. The zero-order chi connectivity index (χ0) is 24.9. The van der Waals surface area contributed by atoms with Crippen molar-refractivity contribution in [2.75, 3.05) is 7.11 Å². The molecule has 0 N–H and O–H groups in total. The average molecular weight is 470 g/mol. The molecule has 0 atom stereocenters. The first-order valence-electron chi connectivity index (χ1n) is 12.4. The minimum atomic E-state index is 0.0450. The maximum absolute atomic E-state index is 6.29. The molecule has 0 amide bonds. The van der Waals surface area contributed by atoms with Crippen molar-refractivity contribution in [2.45, 2.75) is 60.2 Å². The molecule has 0 fully saturated rings. The van der Waals surface area contributed by atoms with Crippen LogP contribution in [0.4, 0.5) is 0 Å². The van der Waals surface area contributed by atoms with E-state index in [1.54, 1.807) is 7.11 Å². The molecule has 0 spiro atoms. The van der Waals surface area contributed by atoms with Crippen molar-refractivity contribution in [2.24, 2.45) is 0 Å². The minimum absolute atomic E-state index is 0.0450. The summed E-state index contributed by atoms with van der Waals surface area (Å²) in [6, 6.07) is 20.8. The predicted octanol–water partition coefficient (Wildman–Crippen LogP) is 7.71. The van der Waals surface area contributed by atoms with E-state index in [4.69, 9.17) is 19.2 Å². The molecule has 0 aliphatic rings. The van der Waals surface area contributed by atoms with Crippen LogP contribution in [0.25, 0.3) is 22.0 Å². The molecular formula is C31H35NO3. The second-order valence-electron chi connectivity index (χ2n) is 9.06. The van der Waals surface area contributed by atoms with Gasteiger partial charge in [-0.3, -0.25) is 4.98 Å². The first-order valence-corrected chi connectivity index (χ1v) is 12.4. The van der Waals surface area contributed by atoms with Crippen molar-refractivity contribution in [1.82, 2.24) is 4.98 Å². The molecule has 0 saturated carbocycles. The molecule has 35 heavy (non-hydrogen) atoms. The molecule has 0 radical (unpaired) electrons. The predicted molar refractivity (Wildman–Crippen MR) is 144 cm³/mol. The van der Waals surface area contributed by atoms with Crippen LogP contribution >= 0.6 is 0 Å². The number of methoxy groups -OCH3 is 1. The molecule has 4 nitrogen and oxygen atoms in total. The van der Waals surface area contributed by atoms with E-state index in [1.165, 1.54) is 16.7 Å². The summed E-state index contributed by atoms with van der Waals surface area (Å²) in [5.41, 5.74) is 6.71. The number of benzene rings is 3. The van der Waals surface area contributed by atoms with Gasteiger partial charge in [0.1, 0.15) is 23.9 Å². The van der Waals surface area contributed by atoms with E-state index in [1.807, 2.05) is 45.0 Å². The Kier molecular flexibility index (Phi) is 7.60. The average Bonchev–Trinajstić information content (AvgIpc) is 2.86. The zero-order valence-electron chi connectivity index (χ0n) is 21.6. The SMILES string of the molecule is CCc1cccc(CC)c1-c1cc(OC(C)C)c(COc2ccc3ccc(OC)cc3c2)c(C)n1. The molecular weight excluding hydrogens is 434 g/mol. The third-order valence-electron chi connectivity index (χ3n) is 6.31. The molecule has 0 saturated heterocycles. The number of hydrogen-bond acceptors (Lipinski definition) is 4. The Bertz CT molecular complexity index is 1300. The zero-order valence-corrected chi connectivity index (χ0v) is 21.6. The van der Waals surface area contributed by atoms with Gasteiger partial charge in [-0.05, 0) is 79.8 Å². The van der Waals surface area contributed by atoms with Crippen molar-refractivity contribution in [3.63, 3.8) is 0 Å². The fraction of sp³-hybridized carbons (Fsp3) is 0.323. The summed E-state index contributed by atoms with van der Waals surface area (Å²) < 4.78 is 17.9. The summed E-state index contributed by atoms with van der Waals surface area (Å²) in [7, 11) is 1.68. The molecule has 1 aromatic heterocycles. The lowest BCUT2D eigenvalue weighted by Gasteiger charge is -2.20. The number of rotatable bonds is 9. The van der Waals surface area contributed by atoms with Gasteiger partial charge in [0.2, 0.25) is 0 Å². The highest BCUT2D eigenvalue weighted by molar-refractivity contribution is 5.85. The van der Waals surface area contributed by atoms with Crippen molar-refractivity contribution >= 4 is 10.8 Å². The highest BCUT2D eigenvalue weighted by Crippen LogP contribution is 2.34. The minimum Gasteiger partial charge on any atom is -0.497 e. The molecule has 4 rings (SSSR count). The highest BCUT2D eigenvalue weighted by Gasteiger charge is 2.18. The Hall–Kier alpha value is -3.53.